The van der Waals surface area contributed by atoms with Crippen LogP contribution in [0.1, 0.15) is 97.3 Å². The van der Waals surface area contributed by atoms with Crippen LogP contribution in [0.4, 0.5) is 0 Å². The third-order valence-corrected chi connectivity index (χ3v) is 4.13. The maximum atomic E-state index is 10.8. The molecule has 0 aliphatic carbocycles. The van der Waals surface area contributed by atoms with Crippen molar-refractivity contribution in [1.29, 1.82) is 0 Å². The quantitative estimate of drug-likeness (QED) is 0.298. The van der Waals surface area contributed by atoms with Crippen molar-refractivity contribution in [3.63, 3.8) is 0 Å². The van der Waals surface area contributed by atoms with Crippen LogP contribution < -0.4 is 0 Å². The number of hydrogen-bond donors (Lipinski definition) is 1. The topological polar surface area (TPSA) is 17.1 Å². The minimum Gasteiger partial charge on any atom is -0.288 e. The molecule has 0 amide bonds. The molecular formula is C17H34OS. The van der Waals surface area contributed by atoms with Gasteiger partial charge in [-0.1, -0.05) is 84.5 Å². The minimum absolute atomic E-state index is 0.0370. The molecule has 0 aromatic rings. The molecule has 0 saturated carbocycles. The monoisotopic (exact) mass is 286 g/mol. The summed E-state index contributed by atoms with van der Waals surface area (Å²) >= 11 is 3.81. The summed E-state index contributed by atoms with van der Waals surface area (Å²) in [6.45, 7) is 4.53. The minimum atomic E-state index is 0.0370. The van der Waals surface area contributed by atoms with Crippen molar-refractivity contribution in [3.05, 3.63) is 0 Å². The van der Waals surface area contributed by atoms with Crippen LogP contribution in [0.5, 0.6) is 0 Å². The van der Waals surface area contributed by atoms with Gasteiger partial charge in [-0.05, 0) is 12.3 Å². The first-order valence-corrected chi connectivity index (χ1v) is 8.83. The molecule has 0 aromatic heterocycles. The van der Waals surface area contributed by atoms with Crippen molar-refractivity contribution >= 4 is 17.7 Å². The smallest absolute Gasteiger partial charge is 0.185 e. The third-order valence-electron chi connectivity index (χ3n) is 3.90. The Labute approximate surface area is 126 Å². The Kier molecular flexibility index (Phi) is 14.4. The Morgan fingerprint density at radius 3 is 1.79 bits per heavy atom. The Balaban J connectivity index is 3.11. The molecule has 0 aliphatic rings. The summed E-state index contributed by atoms with van der Waals surface area (Å²) in [4.78, 5) is 10.8. The fourth-order valence-electron chi connectivity index (χ4n) is 2.49. The molecule has 0 radical (unpaired) electrons. The molecule has 0 bridgehead atoms. The number of carbonyl (C=O) groups excluding carboxylic acids is 1. The van der Waals surface area contributed by atoms with Gasteiger partial charge in [-0.15, -0.1) is 12.6 Å². The molecule has 0 aliphatic heterocycles. The fraction of sp³-hybridized carbons (Fsp3) is 0.941. The predicted octanol–water partition coefficient (Wildman–Crippen LogP) is 6.17. The predicted molar refractivity (Wildman–Crippen MR) is 88.9 cm³/mol. The van der Waals surface area contributed by atoms with E-state index in [9.17, 15) is 4.79 Å². The van der Waals surface area contributed by atoms with Gasteiger partial charge in [-0.3, -0.25) is 4.79 Å². The highest BCUT2D eigenvalue weighted by atomic mass is 32.1. The lowest BCUT2D eigenvalue weighted by molar-refractivity contribution is -0.111. The van der Waals surface area contributed by atoms with Gasteiger partial charge in [0.1, 0.15) is 0 Å². The van der Waals surface area contributed by atoms with Gasteiger partial charge in [0.25, 0.3) is 0 Å². The van der Waals surface area contributed by atoms with E-state index < -0.39 is 0 Å². The second-order valence-electron chi connectivity index (χ2n) is 6.01. The first-order chi connectivity index (χ1) is 9.16. The molecule has 0 heterocycles. The molecule has 1 atom stereocenters. The first kappa shape index (κ1) is 19.0. The standard InChI is InChI=1S/C17H34OS/c1-3-4-5-6-7-8-9-10-11-12-13-16(2)14-15-17(18)19/h16H,3-15H2,1-2H3,(H,18,19). The molecule has 0 rings (SSSR count). The van der Waals surface area contributed by atoms with Crippen molar-refractivity contribution in [2.75, 3.05) is 0 Å². The molecule has 1 nitrogen and oxygen atoms in total. The van der Waals surface area contributed by atoms with Gasteiger partial charge in [-0.25, -0.2) is 0 Å². The molecule has 114 valence electrons. The van der Waals surface area contributed by atoms with Crippen molar-refractivity contribution in [1.82, 2.24) is 0 Å². The van der Waals surface area contributed by atoms with Gasteiger partial charge in [0.2, 0.25) is 0 Å². The van der Waals surface area contributed by atoms with Gasteiger partial charge in [-0.2, -0.15) is 0 Å². The molecule has 0 saturated heterocycles. The third kappa shape index (κ3) is 16.0. The SMILES string of the molecule is CCCCCCCCCCCCC(C)CCC(=O)S. The molecule has 19 heavy (non-hydrogen) atoms. The summed E-state index contributed by atoms with van der Waals surface area (Å²) in [7, 11) is 0. The van der Waals surface area contributed by atoms with Crippen molar-refractivity contribution in [2.24, 2.45) is 5.92 Å². The molecular weight excluding hydrogens is 252 g/mol. The van der Waals surface area contributed by atoms with Crippen molar-refractivity contribution in [2.45, 2.75) is 97.3 Å². The van der Waals surface area contributed by atoms with E-state index in [1.165, 1.54) is 70.6 Å². The highest BCUT2D eigenvalue weighted by molar-refractivity contribution is 7.96. The zero-order valence-corrected chi connectivity index (χ0v) is 14.0. The van der Waals surface area contributed by atoms with E-state index in [2.05, 4.69) is 26.5 Å². The van der Waals surface area contributed by atoms with Crippen LogP contribution in [0, 0.1) is 5.92 Å². The summed E-state index contributed by atoms with van der Waals surface area (Å²) in [6.07, 6.45) is 16.9. The number of unbranched alkanes of at least 4 members (excludes halogenated alkanes) is 9. The van der Waals surface area contributed by atoms with E-state index in [0.29, 0.717) is 12.3 Å². The second kappa shape index (κ2) is 14.4. The van der Waals surface area contributed by atoms with E-state index in [4.69, 9.17) is 0 Å². The van der Waals surface area contributed by atoms with Crippen LogP contribution in [0.2, 0.25) is 0 Å². The largest absolute Gasteiger partial charge is 0.288 e. The lowest BCUT2D eigenvalue weighted by atomic mass is 9.97. The number of thiol groups is 1. The molecule has 0 aromatic carbocycles. The maximum absolute atomic E-state index is 10.8. The Bertz CT molecular complexity index is 203. The van der Waals surface area contributed by atoms with E-state index in [1.54, 1.807) is 0 Å². The maximum Gasteiger partial charge on any atom is 0.185 e. The number of rotatable bonds is 14. The molecule has 2 heteroatoms. The van der Waals surface area contributed by atoms with Crippen molar-refractivity contribution < 1.29 is 4.79 Å². The van der Waals surface area contributed by atoms with Gasteiger partial charge in [0.05, 0.1) is 0 Å². The first-order valence-electron chi connectivity index (χ1n) is 8.38. The fourth-order valence-corrected chi connectivity index (χ4v) is 2.62. The van der Waals surface area contributed by atoms with Gasteiger partial charge in [0, 0.05) is 6.42 Å². The van der Waals surface area contributed by atoms with Crippen LogP contribution in [0.3, 0.4) is 0 Å². The van der Waals surface area contributed by atoms with Crippen LogP contribution in [0.25, 0.3) is 0 Å². The highest BCUT2D eigenvalue weighted by Crippen LogP contribution is 2.17. The zero-order valence-electron chi connectivity index (χ0n) is 13.1. The summed E-state index contributed by atoms with van der Waals surface area (Å²) in [5, 5.41) is 0.0370. The van der Waals surface area contributed by atoms with Gasteiger partial charge < -0.3 is 0 Å². The molecule has 0 fully saturated rings. The molecule has 1 unspecified atom stereocenters. The summed E-state index contributed by atoms with van der Waals surface area (Å²) in [6, 6.07) is 0. The van der Waals surface area contributed by atoms with Crippen LogP contribution in [0.15, 0.2) is 0 Å². The average molecular weight is 287 g/mol. The molecule has 0 spiro atoms. The van der Waals surface area contributed by atoms with Crippen LogP contribution >= 0.6 is 12.6 Å². The van der Waals surface area contributed by atoms with Crippen LogP contribution in [-0.4, -0.2) is 5.12 Å². The Morgan fingerprint density at radius 1 is 0.842 bits per heavy atom. The number of hydrogen-bond acceptors (Lipinski definition) is 1. The lowest BCUT2D eigenvalue weighted by Gasteiger charge is -2.09. The van der Waals surface area contributed by atoms with E-state index >= 15 is 0 Å². The summed E-state index contributed by atoms with van der Waals surface area (Å²) < 4.78 is 0. The number of carbonyl (C=O) groups is 1. The lowest BCUT2D eigenvalue weighted by Crippen LogP contribution is -1.97. The van der Waals surface area contributed by atoms with Crippen molar-refractivity contribution in [3.8, 4) is 0 Å². The average Bonchev–Trinajstić information content (AvgIpc) is 2.38. The van der Waals surface area contributed by atoms with Crippen LogP contribution in [-0.2, 0) is 4.79 Å². The van der Waals surface area contributed by atoms with E-state index in [-0.39, 0.29) is 5.12 Å². The Morgan fingerprint density at radius 2 is 1.32 bits per heavy atom. The van der Waals surface area contributed by atoms with Gasteiger partial charge in [0.15, 0.2) is 5.12 Å². The summed E-state index contributed by atoms with van der Waals surface area (Å²) in [5.41, 5.74) is 0. The highest BCUT2D eigenvalue weighted by Gasteiger charge is 2.04. The van der Waals surface area contributed by atoms with E-state index in [1.807, 2.05) is 0 Å². The summed E-state index contributed by atoms with van der Waals surface area (Å²) in [5.74, 6) is 0.685. The van der Waals surface area contributed by atoms with Gasteiger partial charge >= 0.3 is 0 Å². The normalized spacial score (nSPS) is 12.6. The second-order valence-corrected chi connectivity index (χ2v) is 6.51. The van der Waals surface area contributed by atoms with E-state index in [0.717, 1.165) is 6.42 Å². The molecule has 0 N–H and O–H groups in total. The Hall–Kier alpha value is 0.0200. The zero-order chi connectivity index (χ0) is 14.3.